The third-order valence-electron chi connectivity index (χ3n) is 5.60. The molecule has 0 saturated carbocycles. The highest BCUT2D eigenvalue weighted by atomic mass is 32.2. The van der Waals surface area contributed by atoms with Crippen LogP contribution in [0.15, 0.2) is 47.6 Å². The number of thioether (sulfide) groups is 1. The quantitative estimate of drug-likeness (QED) is 0.753. The van der Waals surface area contributed by atoms with Crippen molar-refractivity contribution in [3.05, 3.63) is 59.2 Å². The van der Waals surface area contributed by atoms with Gasteiger partial charge < -0.3 is 10.2 Å². The van der Waals surface area contributed by atoms with E-state index in [-0.39, 0.29) is 36.3 Å². The zero-order valence-corrected chi connectivity index (χ0v) is 19.2. The Labute approximate surface area is 196 Å². The summed E-state index contributed by atoms with van der Waals surface area (Å²) in [5.41, 5.74) is 3.88. The van der Waals surface area contributed by atoms with Crippen LogP contribution in [0.1, 0.15) is 29.5 Å². The smallest absolute Gasteiger partial charge is 0.271 e. The van der Waals surface area contributed by atoms with Crippen LogP contribution in [0.3, 0.4) is 0 Å². The van der Waals surface area contributed by atoms with Gasteiger partial charge >= 0.3 is 0 Å². The molecule has 33 heavy (non-hydrogen) atoms. The summed E-state index contributed by atoms with van der Waals surface area (Å²) in [6.45, 7) is 3.83. The Morgan fingerprint density at radius 2 is 1.91 bits per heavy atom. The topological polar surface area (TPSA) is 106 Å². The summed E-state index contributed by atoms with van der Waals surface area (Å²) in [6.07, 6.45) is 0.422. The number of amides is 3. The number of nitrogens with one attached hydrogen (secondary N) is 1. The van der Waals surface area contributed by atoms with Crippen molar-refractivity contribution >= 4 is 46.6 Å². The average molecular weight is 462 g/mol. The number of hydrogen-bond acceptors (Lipinski definition) is 6. The van der Waals surface area contributed by atoms with Gasteiger partial charge in [-0.1, -0.05) is 12.1 Å². The molecule has 2 heterocycles. The second-order valence-electron chi connectivity index (χ2n) is 8.01. The van der Waals surface area contributed by atoms with Gasteiger partial charge in [-0.3, -0.25) is 14.4 Å². The van der Waals surface area contributed by atoms with Gasteiger partial charge in [0.05, 0.1) is 23.2 Å². The van der Waals surface area contributed by atoms with E-state index in [2.05, 4.69) is 10.4 Å². The van der Waals surface area contributed by atoms with Gasteiger partial charge in [0.2, 0.25) is 11.8 Å². The monoisotopic (exact) mass is 461 g/mol. The first-order valence-electron chi connectivity index (χ1n) is 10.5. The lowest BCUT2D eigenvalue weighted by Gasteiger charge is -2.28. The standard InChI is InChI=1S/C24H23N5O3S/c1-15-3-4-16(2)20(11-15)29-22(30)10-9-19(27-29)24(32)28-14-33-13-21(28)23(31)26-18-7-5-17(12-25)6-8-18/h3-8,11,21H,9-10,13-14H2,1-2H3,(H,26,31). The molecule has 2 aromatic carbocycles. The van der Waals surface area contributed by atoms with Gasteiger partial charge in [-0.2, -0.15) is 10.4 Å². The number of nitrogens with zero attached hydrogens (tertiary/aromatic N) is 4. The highest BCUT2D eigenvalue weighted by Gasteiger charge is 2.38. The van der Waals surface area contributed by atoms with Crippen LogP contribution < -0.4 is 10.3 Å². The average Bonchev–Trinajstić information content (AvgIpc) is 3.31. The molecule has 8 nitrogen and oxygen atoms in total. The first-order valence-corrected chi connectivity index (χ1v) is 11.7. The lowest BCUT2D eigenvalue weighted by Crippen LogP contribution is -2.48. The van der Waals surface area contributed by atoms with Gasteiger partial charge in [0.25, 0.3) is 5.91 Å². The fourth-order valence-electron chi connectivity index (χ4n) is 3.72. The molecule has 168 valence electrons. The van der Waals surface area contributed by atoms with Crippen molar-refractivity contribution < 1.29 is 14.4 Å². The summed E-state index contributed by atoms with van der Waals surface area (Å²) in [5, 5.41) is 17.5. The van der Waals surface area contributed by atoms with E-state index in [1.165, 1.54) is 21.7 Å². The largest absolute Gasteiger partial charge is 0.324 e. The van der Waals surface area contributed by atoms with Crippen molar-refractivity contribution in [3.63, 3.8) is 0 Å². The molecule has 2 aliphatic heterocycles. The Morgan fingerprint density at radius 3 is 2.64 bits per heavy atom. The molecule has 1 fully saturated rings. The summed E-state index contributed by atoms with van der Waals surface area (Å²) in [7, 11) is 0. The Bertz CT molecular complexity index is 1190. The molecule has 2 aliphatic rings. The van der Waals surface area contributed by atoms with Gasteiger partial charge in [0.15, 0.2) is 0 Å². The van der Waals surface area contributed by atoms with Gasteiger partial charge in [-0.25, -0.2) is 5.01 Å². The van der Waals surface area contributed by atoms with Crippen molar-refractivity contribution in [2.24, 2.45) is 5.10 Å². The summed E-state index contributed by atoms with van der Waals surface area (Å²) >= 11 is 1.50. The van der Waals surface area contributed by atoms with Crippen LogP contribution in [0.4, 0.5) is 11.4 Å². The molecule has 0 aliphatic carbocycles. The van der Waals surface area contributed by atoms with E-state index < -0.39 is 6.04 Å². The second-order valence-corrected chi connectivity index (χ2v) is 9.01. The molecule has 0 spiro atoms. The predicted molar refractivity (Wildman–Crippen MR) is 128 cm³/mol. The number of anilines is 2. The number of carbonyl (C=O) groups is 3. The SMILES string of the molecule is Cc1ccc(C)c(N2N=C(C(=O)N3CSCC3C(=O)Nc3ccc(C#N)cc3)CCC2=O)c1. The van der Waals surface area contributed by atoms with Gasteiger partial charge in [-0.05, 0) is 55.3 Å². The van der Waals surface area contributed by atoms with Crippen LogP contribution in [-0.2, 0) is 14.4 Å². The van der Waals surface area contributed by atoms with Crippen molar-refractivity contribution in [2.45, 2.75) is 32.7 Å². The molecule has 9 heteroatoms. The Kier molecular flexibility index (Phi) is 6.47. The van der Waals surface area contributed by atoms with E-state index in [1.807, 2.05) is 38.1 Å². The number of rotatable bonds is 4. The minimum absolute atomic E-state index is 0.161. The van der Waals surface area contributed by atoms with Crippen LogP contribution in [0.5, 0.6) is 0 Å². The second kappa shape index (κ2) is 9.46. The number of aryl methyl sites for hydroxylation is 2. The van der Waals surface area contributed by atoms with E-state index in [0.29, 0.717) is 28.6 Å². The molecule has 1 saturated heterocycles. The molecular weight excluding hydrogens is 438 g/mol. The summed E-state index contributed by atoms with van der Waals surface area (Å²) in [5.74, 6) is 0.0625. The molecular formula is C24H23N5O3S. The Hall–Kier alpha value is -3.64. The molecule has 1 N–H and O–H groups in total. The maximum atomic E-state index is 13.3. The number of carbonyl (C=O) groups excluding carboxylic acids is 3. The fraction of sp³-hybridized carbons (Fsp3) is 0.292. The zero-order chi connectivity index (χ0) is 23.5. The van der Waals surface area contributed by atoms with E-state index in [1.54, 1.807) is 24.3 Å². The van der Waals surface area contributed by atoms with E-state index in [0.717, 1.165) is 11.1 Å². The summed E-state index contributed by atoms with van der Waals surface area (Å²) in [6, 6.07) is 13.7. The maximum Gasteiger partial charge on any atom is 0.271 e. The summed E-state index contributed by atoms with van der Waals surface area (Å²) in [4.78, 5) is 40.3. The minimum Gasteiger partial charge on any atom is -0.324 e. The first kappa shape index (κ1) is 22.6. The van der Waals surface area contributed by atoms with E-state index in [9.17, 15) is 14.4 Å². The minimum atomic E-state index is -0.646. The van der Waals surface area contributed by atoms with Crippen molar-refractivity contribution in [1.82, 2.24) is 4.90 Å². The molecule has 2 aromatic rings. The maximum absolute atomic E-state index is 13.3. The molecule has 0 radical (unpaired) electrons. The van der Waals surface area contributed by atoms with Crippen LogP contribution in [0.25, 0.3) is 0 Å². The number of nitriles is 1. The Balaban J connectivity index is 1.53. The molecule has 0 bridgehead atoms. The number of benzene rings is 2. The lowest BCUT2D eigenvalue weighted by atomic mass is 10.1. The Morgan fingerprint density at radius 1 is 1.15 bits per heavy atom. The van der Waals surface area contributed by atoms with E-state index in [4.69, 9.17) is 5.26 Å². The first-order chi connectivity index (χ1) is 15.9. The van der Waals surface area contributed by atoms with Crippen LogP contribution in [0.2, 0.25) is 0 Å². The number of hydrazone groups is 1. The van der Waals surface area contributed by atoms with Gasteiger partial charge in [0.1, 0.15) is 11.8 Å². The highest BCUT2D eigenvalue weighted by molar-refractivity contribution is 7.99. The normalized spacial score (nSPS) is 18.0. The van der Waals surface area contributed by atoms with Crippen molar-refractivity contribution in [3.8, 4) is 6.07 Å². The molecule has 0 aromatic heterocycles. The molecule has 1 unspecified atom stereocenters. The van der Waals surface area contributed by atoms with E-state index >= 15 is 0 Å². The molecule has 4 rings (SSSR count). The molecule has 1 atom stereocenters. The predicted octanol–water partition coefficient (Wildman–Crippen LogP) is 3.20. The van der Waals surface area contributed by atoms with Crippen LogP contribution in [-0.4, -0.2) is 46.0 Å². The van der Waals surface area contributed by atoms with Gasteiger partial charge in [0, 0.05) is 24.3 Å². The fourth-order valence-corrected chi connectivity index (χ4v) is 4.88. The summed E-state index contributed by atoms with van der Waals surface area (Å²) < 4.78 is 0. The third-order valence-corrected chi connectivity index (χ3v) is 6.61. The van der Waals surface area contributed by atoms with Gasteiger partial charge in [-0.15, -0.1) is 11.8 Å². The highest BCUT2D eigenvalue weighted by Crippen LogP contribution is 2.28. The number of hydrogen-bond donors (Lipinski definition) is 1. The third kappa shape index (κ3) is 4.76. The lowest BCUT2D eigenvalue weighted by molar-refractivity contribution is -0.131. The zero-order valence-electron chi connectivity index (χ0n) is 18.4. The molecule has 3 amide bonds. The van der Waals surface area contributed by atoms with Crippen molar-refractivity contribution in [2.75, 3.05) is 22.0 Å². The van der Waals surface area contributed by atoms with Crippen molar-refractivity contribution in [1.29, 1.82) is 5.26 Å². The van der Waals surface area contributed by atoms with Crippen LogP contribution >= 0.6 is 11.8 Å². The van der Waals surface area contributed by atoms with Crippen LogP contribution in [0, 0.1) is 25.2 Å².